The zero-order chi connectivity index (χ0) is 22.2. The predicted molar refractivity (Wildman–Crippen MR) is 119 cm³/mol. The number of benzene rings is 1. The normalized spacial score (nSPS) is 13.8. The summed E-state index contributed by atoms with van der Waals surface area (Å²) in [5.41, 5.74) is 1.50. The molecule has 5 rings (SSSR count). The molecule has 0 aliphatic carbocycles. The second-order valence-corrected chi connectivity index (χ2v) is 7.71. The van der Waals surface area contributed by atoms with Crippen LogP contribution in [-0.4, -0.2) is 48.1 Å². The Balaban J connectivity index is 1.29. The minimum absolute atomic E-state index is 0.173. The van der Waals surface area contributed by atoms with Gasteiger partial charge in [0, 0.05) is 38.6 Å². The summed E-state index contributed by atoms with van der Waals surface area (Å²) in [5.74, 6) is 0.988. The topological polar surface area (TPSA) is 103 Å². The SMILES string of the molecule is Cc1c(NC(=O)C2CN(c3cc(-n4cccn4)ncn3)C2)c(=O)n(-c2ccccc2)n1C. The fourth-order valence-corrected chi connectivity index (χ4v) is 3.81. The molecule has 1 fully saturated rings. The molecule has 0 saturated carbocycles. The molecular formula is C22H22N8O2. The maximum absolute atomic E-state index is 13.0. The van der Waals surface area contributed by atoms with Crippen LogP contribution in [0.25, 0.3) is 11.5 Å². The standard InChI is InChI=1S/C22H22N8O2/c1-15-20(22(32)30(27(15)2)17-7-4-3-5-8-17)26-21(31)16-12-28(13-16)18-11-19(24-14-23-18)29-10-6-9-25-29/h3-11,14,16H,12-13H2,1-2H3,(H,26,31). The molecule has 10 nitrogen and oxygen atoms in total. The molecular weight excluding hydrogens is 408 g/mol. The van der Waals surface area contributed by atoms with Crippen molar-refractivity contribution >= 4 is 17.4 Å². The number of para-hydroxylation sites is 1. The van der Waals surface area contributed by atoms with Gasteiger partial charge in [-0.15, -0.1) is 0 Å². The number of amides is 1. The zero-order valence-electron chi connectivity index (χ0n) is 17.7. The Bertz CT molecular complexity index is 1320. The predicted octanol–water partition coefficient (Wildman–Crippen LogP) is 1.54. The second kappa shape index (κ2) is 7.80. The molecule has 1 amide bonds. The highest BCUT2D eigenvalue weighted by Gasteiger charge is 2.34. The maximum atomic E-state index is 13.0. The van der Waals surface area contributed by atoms with Crippen molar-refractivity contribution in [2.24, 2.45) is 13.0 Å². The molecule has 0 bridgehead atoms. The van der Waals surface area contributed by atoms with Gasteiger partial charge >= 0.3 is 0 Å². The fourth-order valence-electron chi connectivity index (χ4n) is 3.81. The van der Waals surface area contributed by atoms with E-state index in [-0.39, 0.29) is 17.4 Å². The lowest BCUT2D eigenvalue weighted by atomic mass is 9.99. The van der Waals surface area contributed by atoms with Crippen LogP contribution >= 0.6 is 0 Å². The summed E-state index contributed by atoms with van der Waals surface area (Å²) in [4.78, 5) is 36.4. The van der Waals surface area contributed by atoms with E-state index in [1.54, 1.807) is 27.3 Å². The van der Waals surface area contributed by atoms with Gasteiger partial charge in [0.2, 0.25) is 5.91 Å². The summed E-state index contributed by atoms with van der Waals surface area (Å²) in [6.07, 6.45) is 4.98. The largest absolute Gasteiger partial charge is 0.355 e. The minimum Gasteiger partial charge on any atom is -0.355 e. The van der Waals surface area contributed by atoms with Gasteiger partial charge in [-0.05, 0) is 25.1 Å². The van der Waals surface area contributed by atoms with Gasteiger partial charge in [0.15, 0.2) is 5.82 Å². The monoisotopic (exact) mass is 430 g/mol. The van der Waals surface area contributed by atoms with Crippen molar-refractivity contribution in [3.8, 4) is 11.5 Å². The molecule has 4 heterocycles. The van der Waals surface area contributed by atoms with Crippen molar-refractivity contribution in [1.29, 1.82) is 0 Å². The molecule has 0 spiro atoms. The average molecular weight is 430 g/mol. The third kappa shape index (κ3) is 3.35. The number of nitrogens with zero attached hydrogens (tertiary/aromatic N) is 7. The van der Waals surface area contributed by atoms with Crippen molar-refractivity contribution in [3.63, 3.8) is 0 Å². The fraction of sp³-hybridized carbons (Fsp3) is 0.227. The molecule has 1 aliphatic rings. The van der Waals surface area contributed by atoms with Gasteiger partial charge in [-0.25, -0.2) is 19.3 Å². The van der Waals surface area contributed by atoms with Gasteiger partial charge < -0.3 is 10.2 Å². The first kappa shape index (κ1) is 19.7. The number of carbonyl (C=O) groups is 1. The lowest BCUT2D eigenvalue weighted by Crippen LogP contribution is -2.52. The Kier molecular flexibility index (Phi) is 4.81. The molecule has 10 heteroatoms. The Labute approximate surface area is 183 Å². The summed E-state index contributed by atoms with van der Waals surface area (Å²) in [5, 5.41) is 7.03. The number of hydrogen-bond acceptors (Lipinski definition) is 6. The molecule has 1 N–H and O–H groups in total. The summed E-state index contributed by atoms with van der Waals surface area (Å²) in [7, 11) is 1.80. The van der Waals surface area contributed by atoms with Crippen LogP contribution < -0.4 is 15.8 Å². The van der Waals surface area contributed by atoms with E-state index in [1.807, 2.05) is 60.5 Å². The van der Waals surface area contributed by atoms with Crippen molar-refractivity contribution in [3.05, 3.63) is 77.2 Å². The molecule has 3 aromatic heterocycles. The van der Waals surface area contributed by atoms with Gasteiger partial charge in [-0.2, -0.15) is 5.10 Å². The zero-order valence-corrected chi connectivity index (χ0v) is 17.7. The van der Waals surface area contributed by atoms with Crippen molar-refractivity contribution in [2.75, 3.05) is 23.3 Å². The number of hydrogen-bond donors (Lipinski definition) is 1. The van der Waals surface area contributed by atoms with Gasteiger partial charge in [0.1, 0.15) is 17.8 Å². The molecule has 0 radical (unpaired) electrons. The van der Waals surface area contributed by atoms with E-state index in [0.717, 1.165) is 11.5 Å². The summed E-state index contributed by atoms with van der Waals surface area (Å²) in [6.45, 7) is 2.85. The molecule has 162 valence electrons. The van der Waals surface area contributed by atoms with Crippen molar-refractivity contribution in [2.45, 2.75) is 6.92 Å². The lowest BCUT2D eigenvalue weighted by Gasteiger charge is -2.38. The summed E-state index contributed by atoms with van der Waals surface area (Å²) < 4.78 is 4.96. The molecule has 0 unspecified atom stereocenters. The van der Waals surface area contributed by atoms with Crippen LogP contribution in [0.5, 0.6) is 0 Å². The first-order valence-corrected chi connectivity index (χ1v) is 10.2. The quantitative estimate of drug-likeness (QED) is 0.515. The minimum atomic E-state index is -0.250. The summed E-state index contributed by atoms with van der Waals surface area (Å²) >= 11 is 0. The van der Waals surface area contributed by atoms with Gasteiger partial charge in [-0.3, -0.25) is 14.3 Å². The van der Waals surface area contributed by atoms with Crippen LogP contribution in [0, 0.1) is 12.8 Å². The van der Waals surface area contributed by atoms with E-state index in [1.165, 1.54) is 6.33 Å². The average Bonchev–Trinajstić information content (AvgIpc) is 3.38. The Hall–Kier alpha value is -4.21. The Morgan fingerprint density at radius 2 is 1.84 bits per heavy atom. The number of rotatable bonds is 5. The smallest absolute Gasteiger partial charge is 0.295 e. The number of anilines is 2. The van der Waals surface area contributed by atoms with Gasteiger partial charge in [-0.1, -0.05) is 18.2 Å². The van der Waals surface area contributed by atoms with Crippen molar-refractivity contribution < 1.29 is 4.79 Å². The summed E-state index contributed by atoms with van der Waals surface area (Å²) in [6, 6.07) is 13.0. The van der Waals surface area contributed by atoms with Crippen LogP contribution in [0.15, 0.2) is 66.0 Å². The van der Waals surface area contributed by atoms with E-state index < -0.39 is 0 Å². The van der Waals surface area contributed by atoms with Crippen molar-refractivity contribution in [1.82, 2.24) is 29.1 Å². The first-order valence-electron chi connectivity index (χ1n) is 10.2. The lowest BCUT2D eigenvalue weighted by molar-refractivity contribution is -0.120. The molecule has 1 saturated heterocycles. The Morgan fingerprint density at radius 3 is 2.56 bits per heavy atom. The second-order valence-electron chi connectivity index (χ2n) is 7.71. The first-order chi connectivity index (χ1) is 15.5. The van der Waals surface area contributed by atoms with E-state index in [9.17, 15) is 9.59 Å². The van der Waals surface area contributed by atoms with Crippen LogP contribution in [0.2, 0.25) is 0 Å². The van der Waals surface area contributed by atoms with E-state index in [4.69, 9.17) is 0 Å². The van der Waals surface area contributed by atoms with E-state index in [0.29, 0.717) is 30.3 Å². The number of carbonyl (C=O) groups excluding carboxylic acids is 1. The molecule has 4 aromatic rings. The van der Waals surface area contributed by atoms with E-state index in [2.05, 4.69) is 20.4 Å². The van der Waals surface area contributed by atoms with Crippen LogP contribution in [0.1, 0.15) is 5.69 Å². The molecule has 32 heavy (non-hydrogen) atoms. The Morgan fingerprint density at radius 1 is 1.09 bits per heavy atom. The highest BCUT2D eigenvalue weighted by molar-refractivity contribution is 5.94. The van der Waals surface area contributed by atoms with E-state index >= 15 is 0 Å². The van der Waals surface area contributed by atoms with Crippen LogP contribution in [0.3, 0.4) is 0 Å². The highest BCUT2D eigenvalue weighted by Crippen LogP contribution is 2.25. The maximum Gasteiger partial charge on any atom is 0.295 e. The third-order valence-electron chi connectivity index (χ3n) is 5.76. The molecule has 1 aromatic carbocycles. The van der Waals surface area contributed by atoms with Crippen LogP contribution in [0.4, 0.5) is 11.5 Å². The van der Waals surface area contributed by atoms with Gasteiger partial charge in [0.25, 0.3) is 5.56 Å². The molecule has 1 aliphatic heterocycles. The van der Waals surface area contributed by atoms with Gasteiger partial charge in [0.05, 0.1) is 17.3 Å². The highest BCUT2D eigenvalue weighted by atomic mass is 16.2. The number of aromatic nitrogens is 6. The molecule has 0 atom stereocenters. The number of nitrogens with one attached hydrogen (secondary N) is 1. The van der Waals surface area contributed by atoms with Crippen LogP contribution in [-0.2, 0) is 11.8 Å². The third-order valence-corrected chi connectivity index (χ3v) is 5.76.